The van der Waals surface area contributed by atoms with Gasteiger partial charge in [-0.1, -0.05) is 17.2 Å². The van der Waals surface area contributed by atoms with Crippen molar-refractivity contribution in [1.82, 2.24) is 4.31 Å². The number of hydrogen-bond donors (Lipinski definition) is 1. The van der Waals surface area contributed by atoms with Gasteiger partial charge >= 0.3 is 5.97 Å². The van der Waals surface area contributed by atoms with Gasteiger partial charge in [-0.2, -0.15) is 0 Å². The zero-order chi connectivity index (χ0) is 18.5. The molecule has 0 bridgehead atoms. The Morgan fingerprint density at radius 2 is 1.92 bits per heavy atom. The number of hydrogen-bond acceptors (Lipinski definition) is 5. The second kappa shape index (κ2) is 8.27. The monoisotopic (exact) mass is 374 g/mol. The van der Waals surface area contributed by atoms with Crippen molar-refractivity contribution >= 4 is 39.2 Å². The number of amides is 1. The van der Waals surface area contributed by atoms with Crippen molar-refractivity contribution in [3.8, 4) is 0 Å². The quantitative estimate of drug-likeness (QED) is 0.607. The van der Waals surface area contributed by atoms with Crippen LogP contribution in [0.3, 0.4) is 0 Å². The first-order valence-electron chi connectivity index (χ1n) is 6.87. The summed E-state index contributed by atoms with van der Waals surface area (Å²) < 4.78 is 30.0. The molecule has 0 saturated heterocycles. The Labute approximate surface area is 146 Å². The lowest BCUT2D eigenvalue weighted by molar-refractivity contribution is -0.142. The van der Waals surface area contributed by atoms with Gasteiger partial charge in [0.25, 0.3) is 5.91 Å². The van der Waals surface area contributed by atoms with Gasteiger partial charge in [-0.25, -0.2) is 17.5 Å². The zero-order valence-electron chi connectivity index (χ0n) is 13.8. The standard InChI is InChI=1S/C15H19ClN2O5S/c1-10(2)7-15(20)23-9-14(19)17-13-8-11(5-6-12(13)16)24(21,22)18(3)4/h5-8H,9H2,1-4H3,(H,17,19). The summed E-state index contributed by atoms with van der Waals surface area (Å²) in [6.07, 6.45) is 1.25. The molecule has 7 nitrogen and oxygen atoms in total. The number of rotatable bonds is 6. The first kappa shape index (κ1) is 20.1. The van der Waals surface area contributed by atoms with Crippen molar-refractivity contribution in [3.05, 3.63) is 34.9 Å². The SMILES string of the molecule is CC(C)=CC(=O)OCC(=O)Nc1cc(S(=O)(=O)N(C)C)ccc1Cl. The van der Waals surface area contributed by atoms with Gasteiger partial charge in [0.15, 0.2) is 6.61 Å². The number of allylic oxidation sites excluding steroid dienone is 1. The number of nitrogens with zero attached hydrogens (tertiary/aromatic N) is 1. The largest absolute Gasteiger partial charge is 0.452 e. The molecule has 1 aromatic carbocycles. The topological polar surface area (TPSA) is 92.8 Å². The van der Waals surface area contributed by atoms with E-state index in [-0.39, 0.29) is 15.6 Å². The molecule has 0 aliphatic heterocycles. The molecule has 0 radical (unpaired) electrons. The Kier molecular flexibility index (Phi) is 6.94. The van der Waals surface area contributed by atoms with Gasteiger partial charge in [-0.15, -0.1) is 0 Å². The first-order valence-corrected chi connectivity index (χ1v) is 8.69. The fourth-order valence-corrected chi connectivity index (χ4v) is 2.67. The molecule has 24 heavy (non-hydrogen) atoms. The van der Waals surface area contributed by atoms with Crippen molar-refractivity contribution in [1.29, 1.82) is 0 Å². The molecule has 1 rings (SSSR count). The lowest BCUT2D eigenvalue weighted by Crippen LogP contribution is -2.23. The van der Waals surface area contributed by atoms with Crippen LogP contribution in [0.25, 0.3) is 0 Å². The molecular weight excluding hydrogens is 356 g/mol. The fourth-order valence-electron chi connectivity index (χ4n) is 1.57. The number of halogens is 1. The lowest BCUT2D eigenvalue weighted by atomic mass is 10.3. The van der Waals surface area contributed by atoms with Crippen molar-refractivity contribution in [2.45, 2.75) is 18.7 Å². The molecule has 0 unspecified atom stereocenters. The highest BCUT2D eigenvalue weighted by atomic mass is 35.5. The number of carbonyl (C=O) groups excluding carboxylic acids is 2. The highest BCUT2D eigenvalue weighted by Crippen LogP contribution is 2.26. The van der Waals surface area contributed by atoms with E-state index >= 15 is 0 Å². The number of ether oxygens (including phenoxy) is 1. The Morgan fingerprint density at radius 1 is 1.29 bits per heavy atom. The van der Waals surface area contributed by atoms with Gasteiger partial charge in [-0.3, -0.25) is 4.79 Å². The van der Waals surface area contributed by atoms with Crippen LogP contribution in [0.5, 0.6) is 0 Å². The maximum absolute atomic E-state index is 12.1. The predicted octanol–water partition coefficient (Wildman–Crippen LogP) is 2.04. The van der Waals surface area contributed by atoms with Crippen LogP contribution < -0.4 is 5.32 Å². The predicted molar refractivity (Wildman–Crippen MR) is 91.3 cm³/mol. The summed E-state index contributed by atoms with van der Waals surface area (Å²) in [7, 11) is -0.873. The van der Waals surface area contributed by atoms with Crippen LogP contribution in [0.2, 0.25) is 5.02 Å². The molecule has 1 N–H and O–H groups in total. The molecular formula is C15H19ClN2O5S. The summed E-state index contributed by atoms with van der Waals surface area (Å²) in [6.45, 7) is 2.93. The van der Waals surface area contributed by atoms with E-state index in [1.165, 1.54) is 38.4 Å². The van der Waals surface area contributed by atoms with Gasteiger partial charge in [0.2, 0.25) is 10.0 Å². The average Bonchev–Trinajstić information content (AvgIpc) is 2.46. The summed E-state index contributed by atoms with van der Waals surface area (Å²) in [5.74, 6) is -1.27. The Bertz CT molecular complexity index is 768. The maximum Gasteiger partial charge on any atom is 0.331 e. The Morgan fingerprint density at radius 3 is 2.46 bits per heavy atom. The molecule has 0 atom stereocenters. The molecule has 0 saturated carbocycles. The van der Waals surface area contributed by atoms with Gasteiger partial charge in [0, 0.05) is 20.2 Å². The molecule has 132 valence electrons. The van der Waals surface area contributed by atoms with Crippen LogP contribution in [0.4, 0.5) is 5.69 Å². The van der Waals surface area contributed by atoms with E-state index in [2.05, 4.69) is 5.32 Å². The minimum atomic E-state index is -3.66. The molecule has 0 aliphatic carbocycles. The first-order chi connectivity index (χ1) is 11.0. The normalized spacial score (nSPS) is 11.1. The van der Waals surface area contributed by atoms with Gasteiger partial charge in [-0.05, 0) is 32.0 Å². The van der Waals surface area contributed by atoms with Gasteiger partial charge in [0.05, 0.1) is 15.6 Å². The third-order valence-electron chi connectivity index (χ3n) is 2.74. The van der Waals surface area contributed by atoms with Crippen molar-refractivity contribution < 1.29 is 22.7 Å². The van der Waals surface area contributed by atoms with Crippen LogP contribution >= 0.6 is 11.6 Å². The van der Waals surface area contributed by atoms with Crippen molar-refractivity contribution in [3.63, 3.8) is 0 Å². The third kappa shape index (κ3) is 5.63. The Balaban J connectivity index is 2.86. The van der Waals surface area contributed by atoms with Crippen molar-refractivity contribution in [2.24, 2.45) is 0 Å². The summed E-state index contributed by atoms with van der Waals surface area (Å²) in [5.41, 5.74) is 0.855. The molecule has 1 amide bonds. The maximum atomic E-state index is 12.1. The smallest absolute Gasteiger partial charge is 0.331 e. The molecule has 9 heteroatoms. The van der Waals surface area contributed by atoms with E-state index in [1.54, 1.807) is 13.8 Å². The van der Waals surface area contributed by atoms with E-state index in [1.807, 2.05) is 0 Å². The summed E-state index contributed by atoms with van der Waals surface area (Å²) in [6, 6.07) is 3.94. The summed E-state index contributed by atoms with van der Waals surface area (Å²) >= 11 is 5.96. The number of sulfonamides is 1. The molecule has 0 heterocycles. The number of esters is 1. The van der Waals surface area contributed by atoms with E-state index in [4.69, 9.17) is 16.3 Å². The van der Waals surface area contributed by atoms with E-state index in [9.17, 15) is 18.0 Å². The third-order valence-corrected chi connectivity index (χ3v) is 4.88. The summed E-state index contributed by atoms with van der Waals surface area (Å²) in [5, 5.41) is 2.58. The molecule has 1 aromatic rings. The van der Waals surface area contributed by atoms with Crippen LogP contribution in [0.15, 0.2) is 34.7 Å². The van der Waals surface area contributed by atoms with Crippen molar-refractivity contribution in [2.75, 3.05) is 26.0 Å². The fraction of sp³-hybridized carbons (Fsp3) is 0.333. The van der Waals surface area contributed by atoms with E-state index in [0.717, 1.165) is 9.88 Å². The van der Waals surface area contributed by atoms with Crippen LogP contribution in [0.1, 0.15) is 13.8 Å². The van der Waals surface area contributed by atoms with Gasteiger partial charge in [0.1, 0.15) is 0 Å². The number of benzene rings is 1. The highest BCUT2D eigenvalue weighted by molar-refractivity contribution is 7.89. The lowest BCUT2D eigenvalue weighted by Gasteiger charge is -2.13. The zero-order valence-corrected chi connectivity index (χ0v) is 15.4. The van der Waals surface area contributed by atoms with E-state index < -0.39 is 28.5 Å². The number of carbonyl (C=O) groups is 2. The number of nitrogens with one attached hydrogen (secondary N) is 1. The van der Waals surface area contributed by atoms with E-state index in [0.29, 0.717) is 0 Å². The van der Waals surface area contributed by atoms with Crippen LogP contribution in [-0.4, -0.2) is 45.3 Å². The minimum absolute atomic E-state index is 0.0197. The van der Waals surface area contributed by atoms with Gasteiger partial charge < -0.3 is 10.1 Å². The Hall–Kier alpha value is -1.90. The average molecular weight is 375 g/mol. The van der Waals surface area contributed by atoms with Crippen LogP contribution in [-0.2, 0) is 24.3 Å². The number of anilines is 1. The van der Waals surface area contributed by atoms with Crippen LogP contribution in [0, 0.1) is 0 Å². The highest BCUT2D eigenvalue weighted by Gasteiger charge is 2.19. The second-order valence-corrected chi connectivity index (χ2v) is 7.87. The molecule has 0 spiro atoms. The molecule has 0 aliphatic rings. The molecule has 0 fully saturated rings. The second-order valence-electron chi connectivity index (χ2n) is 5.31. The summed E-state index contributed by atoms with van der Waals surface area (Å²) in [4.78, 5) is 23.2. The molecule has 0 aromatic heterocycles. The minimum Gasteiger partial charge on any atom is -0.452 e.